The molecule has 110 valence electrons. The second-order valence-corrected chi connectivity index (χ2v) is 4.74. The average molecular weight is 286 g/mol. The molecule has 0 aliphatic rings. The summed E-state index contributed by atoms with van der Waals surface area (Å²) in [6.45, 7) is 1.15. The van der Waals surface area contributed by atoms with Gasteiger partial charge in [-0.15, -0.1) is 0 Å². The van der Waals surface area contributed by atoms with Crippen LogP contribution in [0.25, 0.3) is 0 Å². The highest BCUT2D eigenvalue weighted by Crippen LogP contribution is 2.22. The first-order chi connectivity index (χ1) is 10.1. The Balaban J connectivity index is 2.22. The largest absolute Gasteiger partial charge is 0.508 e. The average Bonchev–Trinajstić information content (AvgIpc) is 2.46. The lowest BCUT2D eigenvalue weighted by Gasteiger charge is -2.22. The molecule has 0 saturated heterocycles. The Morgan fingerprint density at radius 1 is 1.05 bits per heavy atom. The van der Waals surface area contributed by atoms with Gasteiger partial charge in [0.1, 0.15) is 11.5 Å². The molecule has 1 amide bonds. The highest BCUT2D eigenvalue weighted by molar-refractivity contribution is 5.95. The number of rotatable bonds is 5. The summed E-state index contributed by atoms with van der Waals surface area (Å²) in [5.41, 5.74) is 6.79. The Hall–Kier alpha value is -2.53. The lowest BCUT2D eigenvalue weighted by Crippen LogP contribution is -2.34. The minimum Gasteiger partial charge on any atom is -0.508 e. The Morgan fingerprint density at radius 2 is 1.67 bits per heavy atom. The molecule has 0 radical (unpaired) electrons. The Morgan fingerprint density at radius 3 is 2.24 bits per heavy atom. The molecule has 2 aromatic carbocycles. The third kappa shape index (κ3) is 3.97. The number of nitrogens with zero attached hydrogens (tertiary/aromatic N) is 1. The van der Waals surface area contributed by atoms with Crippen LogP contribution >= 0.6 is 0 Å². The third-order valence-electron chi connectivity index (χ3n) is 3.05. The number of carbonyl (C=O) groups excluding carboxylic acids is 1. The molecule has 0 fully saturated rings. The molecule has 2 aromatic rings. The maximum absolute atomic E-state index is 12.5. The standard InChI is InChI=1S/C16H18N2O3/c17-6-7-18(11-12-4-2-1-3-5-12)16(21)13-8-14(19)10-15(20)9-13/h1-5,8-10,19-20H,6-7,11,17H2. The second-order valence-electron chi connectivity index (χ2n) is 4.74. The zero-order chi connectivity index (χ0) is 15.2. The van der Waals surface area contributed by atoms with Gasteiger partial charge >= 0.3 is 0 Å². The molecule has 5 heteroatoms. The minimum atomic E-state index is -0.282. The van der Waals surface area contributed by atoms with Crippen LogP contribution in [0.2, 0.25) is 0 Å². The molecule has 0 unspecified atom stereocenters. The molecule has 21 heavy (non-hydrogen) atoms. The maximum atomic E-state index is 12.5. The van der Waals surface area contributed by atoms with Crippen molar-refractivity contribution in [3.63, 3.8) is 0 Å². The molecule has 0 spiro atoms. The molecule has 5 nitrogen and oxygen atoms in total. The van der Waals surface area contributed by atoms with Crippen molar-refractivity contribution in [2.75, 3.05) is 13.1 Å². The molecule has 0 aromatic heterocycles. The first kappa shape index (κ1) is 14.9. The van der Waals surface area contributed by atoms with Gasteiger partial charge in [-0.2, -0.15) is 0 Å². The van der Waals surface area contributed by atoms with E-state index >= 15 is 0 Å². The van der Waals surface area contributed by atoms with Crippen molar-refractivity contribution in [2.45, 2.75) is 6.54 Å². The molecule has 0 saturated carbocycles. The number of benzene rings is 2. The van der Waals surface area contributed by atoms with Gasteiger partial charge in [-0.25, -0.2) is 0 Å². The normalized spacial score (nSPS) is 10.3. The zero-order valence-corrected chi connectivity index (χ0v) is 11.6. The van der Waals surface area contributed by atoms with Gasteiger partial charge < -0.3 is 20.8 Å². The van der Waals surface area contributed by atoms with Gasteiger partial charge in [0.25, 0.3) is 5.91 Å². The van der Waals surface area contributed by atoms with Crippen LogP contribution in [0.3, 0.4) is 0 Å². The summed E-state index contributed by atoms with van der Waals surface area (Å²) in [5, 5.41) is 19.0. The van der Waals surface area contributed by atoms with Gasteiger partial charge in [-0.05, 0) is 17.7 Å². The van der Waals surface area contributed by atoms with E-state index in [1.807, 2.05) is 30.3 Å². The van der Waals surface area contributed by atoms with Crippen molar-refractivity contribution < 1.29 is 15.0 Å². The van der Waals surface area contributed by atoms with E-state index in [-0.39, 0.29) is 23.0 Å². The number of hydrogen-bond acceptors (Lipinski definition) is 4. The number of nitrogens with two attached hydrogens (primary N) is 1. The van der Waals surface area contributed by atoms with E-state index in [0.29, 0.717) is 19.6 Å². The van der Waals surface area contributed by atoms with E-state index in [1.165, 1.54) is 18.2 Å². The van der Waals surface area contributed by atoms with Crippen LogP contribution in [0.1, 0.15) is 15.9 Å². The first-order valence-electron chi connectivity index (χ1n) is 6.66. The van der Waals surface area contributed by atoms with Crippen LogP contribution < -0.4 is 5.73 Å². The van der Waals surface area contributed by atoms with Crippen LogP contribution in [0, 0.1) is 0 Å². The van der Waals surface area contributed by atoms with Crippen molar-refractivity contribution in [1.29, 1.82) is 0 Å². The zero-order valence-electron chi connectivity index (χ0n) is 11.6. The van der Waals surface area contributed by atoms with Gasteiger partial charge in [0.05, 0.1) is 0 Å². The highest BCUT2D eigenvalue weighted by atomic mass is 16.3. The summed E-state index contributed by atoms with van der Waals surface area (Å²) in [7, 11) is 0. The molecular formula is C16H18N2O3. The summed E-state index contributed by atoms with van der Waals surface area (Å²) < 4.78 is 0. The van der Waals surface area contributed by atoms with E-state index in [0.717, 1.165) is 5.56 Å². The van der Waals surface area contributed by atoms with Crippen LogP contribution in [0.4, 0.5) is 0 Å². The maximum Gasteiger partial charge on any atom is 0.254 e. The van der Waals surface area contributed by atoms with E-state index in [2.05, 4.69) is 0 Å². The number of amides is 1. The van der Waals surface area contributed by atoms with Crippen molar-refractivity contribution in [3.05, 3.63) is 59.7 Å². The van der Waals surface area contributed by atoms with Gasteiger partial charge in [0, 0.05) is 31.3 Å². The van der Waals surface area contributed by atoms with Gasteiger partial charge in [-0.1, -0.05) is 30.3 Å². The first-order valence-corrected chi connectivity index (χ1v) is 6.66. The van der Waals surface area contributed by atoms with Gasteiger partial charge in [0.2, 0.25) is 0 Å². The molecule has 0 aliphatic carbocycles. The molecule has 0 atom stereocenters. The second kappa shape index (κ2) is 6.76. The summed E-state index contributed by atoms with van der Waals surface area (Å²) in [6, 6.07) is 13.4. The fraction of sp³-hybridized carbons (Fsp3) is 0.188. The predicted molar refractivity (Wildman–Crippen MR) is 80.0 cm³/mol. The van der Waals surface area contributed by atoms with E-state index in [1.54, 1.807) is 4.90 Å². The van der Waals surface area contributed by atoms with Crippen LogP contribution in [0.5, 0.6) is 11.5 Å². The lowest BCUT2D eigenvalue weighted by atomic mass is 10.1. The predicted octanol–water partition coefficient (Wildman–Crippen LogP) is 1.70. The summed E-state index contributed by atoms with van der Waals surface area (Å²) in [5.74, 6) is -0.577. The number of aromatic hydroxyl groups is 2. The van der Waals surface area contributed by atoms with Crippen molar-refractivity contribution in [3.8, 4) is 11.5 Å². The van der Waals surface area contributed by atoms with Crippen molar-refractivity contribution in [1.82, 2.24) is 4.90 Å². The van der Waals surface area contributed by atoms with Crippen LogP contribution in [-0.2, 0) is 6.54 Å². The van der Waals surface area contributed by atoms with E-state index < -0.39 is 0 Å². The Labute approximate surface area is 123 Å². The van der Waals surface area contributed by atoms with Crippen molar-refractivity contribution >= 4 is 5.91 Å². The van der Waals surface area contributed by atoms with E-state index in [4.69, 9.17) is 5.73 Å². The topological polar surface area (TPSA) is 86.8 Å². The number of phenols is 2. The molecule has 0 heterocycles. The monoisotopic (exact) mass is 286 g/mol. The van der Waals surface area contributed by atoms with Crippen LogP contribution in [-0.4, -0.2) is 34.1 Å². The van der Waals surface area contributed by atoms with Crippen molar-refractivity contribution in [2.24, 2.45) is 5.73 Å². The molecule has 2 rings (SSSR count). The molecule has 4 N–H and O–H groups in total. The molecule has 0 bridgehead atoms. The van der Waals surface area contributed by atoms with Gasteiger partial charge in [-0.3, -0.25) is 4.79 Å². The summed E-state index contributed by atoms with van der Waals surface area (Å²) in [4.78, 5) is 14.1. The Bertz CT molecular complexity index is 594. The molecule has 0 aliphatic heterocycles. The summed E-state index contributed by atoms with van der Waals surface area (Å²) in [6.07, 6.45) is 0. The fourth-order valence-electron chi connectivity index (χ4n) is 2.11. The van der Waals surface area contributed by atoms with Crippen LogP contribution in [0.15, 0.2) is 48.5 Å². The SMILES string of the molecule is NCCN(Cc1ccccc1)C(=O)c1cc(O)cc(O)c1. The molecular weight excluding hydrogens is 268 g/mol. The number of carbonyl (C=O) groups is 1. The number of phenolic OH excluding ortho intramolecular Hbond substituents is 2. The lowest BCUT2D eigenvalue weighted by molar-refractivity contribution is 0.0747. The minimum absolute atomic E-state index is 0.147. The number of hydrogen-bond donors (Lipinski definition) is 3. The highest BCUT2D eigenvalue weighted by Gasteiger charge is 2.17. The summed E-state index contributed by atoms with van der Waals surface area (Å²) >= 11 is 0. The van der Waals surface area contributed by atoms with Gasteiger partial charge in [0.15, 0.2) is 0 Å². The quantitative estimate of drug-likeness (QED) is 0.780. The third-order valence-corrected chi connectivity index (χ3v) is 3.05. The van der Waals surface area contributed by atoms with E-state index in [9.17, 15) is 15.0 Å². The fourth-order valence-corrected chi connectivity index (χ4v) is 2.11. The Kier molecular flexibility index (Phi) is 4.79. The smallest absolute Gasteiger partial charge is 0.254 e.